The van der Waals surface area contributed by atoms with Crippen LogP contribution in [0.25, 0.3) is 0 Å². The highest BCUT2D eigenvalue weighted by Gasteiger charge is 2.12. The monoisotopic (exact) mass is 326 g/mol. The molecule has 114 valence electrons. The van der Waals surface area contributed by atoms with Gasteiger partial charge >= 0.3 is 0 Å². The Morgan fingerprint density at radius 2 is 2.29 bits per heavy atom. The number of amides is 1. The first-order chi connectivity index (χ1) is 9.94. The van der Waals surface area contributed by atoms with Gasteiger partial charge in [0.15, 0.2) is 4.34 Å². The lowest BCUT2D eigenvalue weighted by Crippen LogP contribution is -2.37. The maximum atomic E-state index is 11.9. The summed E-state index contributed by atoms with van der Waals surface area (Å²) in [7, 11) is 0. The van der Waals surface area contributed by atoms with Crippen LogP contribution in [-0.4, -0.2) is 37.7 Å². The number of aryl methyl sites for hydroxylation is 2. The standard InChI is InChI=1S/C12H18N6OS2/c1-7-4-9(3)18(17-7)5-8(2)14-10(19)6-20-12-16-15-11(13)21-12/h4,8H,5-6H2,1-3H3,(H2,13,15)(H,14,19)/t8-/m0/s1. The van der Waals surface area contributed by atoms with Gasteiger partial charge in [0.2, 0.25) is 11.0 Å². The quantitative estimate of drug-likeness (QED) is 0.775. The van der Waals surface area contributed by atoms with Crippen molar-refractivity contribution < 1.29 is 4.79 Å². The van der Waals surface area contributed by atoms with Crippen molar-refractivity contribution in [2.75, 3.05) is 11.5 Å². The third kappa shape index (κ3) is 4.71. The Morgan fingerprint density at radius 3 is 2.86 bits per heavy atom. The van der Waals surface area contributed by atoms with E-state index in [-0.39, 0.29) is 11.9 Å². The molecule has 0 bridgehead atoms. The summed E-state index contributed by atoms with van der Waals surface area (Å²) in [6, 6.07) is 2.03. The molecule has 2 rings (SSSR count). The third-order valence-electron chi connectivity index (χ3n) is 2.71. The maximum absolute atomic E-state index is 11.9. The minimum Gasteiger partial charge on any atom is -0.374 e. The first-order valence-corrected chi connectivity index (χ1v) is 8.26. The number of carbonyl (C=O) groups is 1. The zero-order chi connectivity index (χ0) is 15.4. The number of nitrogen functional groups attached to an aromatic ring is 1. The van der Waals surface area contributed by atoms with E-state index in [4.69, 9.17) is 5.73 Å². The van der Waals surface area contributed by atoms with E-state index in [2.05, 4.69) is 20.6 Å². The number of hydrogen-bond donors (Lipinski definition) is 2. The summed E-state index contributed by atoms with van der Waals surface area (Å²) in [5.74, 6) is 0.263. The van der Waals surface area contributed by atoms with E-state index < -0.39 is 0 Å². The van der Waals surface area contributed by atoms with Crippen LogP contribution >= 0.6 is 23.1 Å². The molecule has 2 aromatic rings. The molecule has 1 atom stereocenters. The van der Waals surface area contributed by atoms with E-state index in [1.54, 1.807) is 0 Å². The topological polar surface area (TPSA) is 98.7 Å². The second-order valence-corrected chi connectivity index (χ2v) is 7.00. The first kappa shape index (κ1) is 15.8. The number of hydrogen-bond acceptors (Lipinski definition) is 7. The van der Waals surface area contributed by atoms with Gasteiger partial charge < -0.3 is 11.1 Å². The summed E-state index contributed by atoms with van der Waals surface area (Å²) < 4.78 is 2.60. The number of nitrogens with two attached hydrogens (primary N) is 1. The summed E-state index contributed by atoms with van der Waals surface area (Å²) >= 11 is 2.62. The minimum atomic E-state index is -0.0391. The van der Waals surface area contributed by atoms with Crippen LogP contribution in [0.15, 0.2) is 10.4 Å². The smallest absolute Gasteiger partial charge is 0.230 e. The molecule has 0 spiro atoms. The highest BCUT2D eigenvalue weighted by molar-refractivity contribution is 8.01. The number of thioether (sulfide) groups is 1. The second-order valence-electron chi connectivity index (χ2n) is 4.77. The summed E-state index contributed by atoms with van der Waals surface area (Å²) in [4.78, 5) is 11.9. The average Bonchev–Trinajstić information content (AvgIpc) is 2.93. The van der Waals surface area contributed by atoms with Crippen LogP contribution in [0.3, 0.4) is 0 Å². The Hall–Kier alpha value is -1.61. The molecule has 0 saturated heterocycles. The van der Waals surface area contributed by atoms with E-state index in [0.29, 0.717) is 21.8 Å². The molecule has 3 N–H and O–H groups in total. The molecule has 0 saturated carbocycles. The van der Waals surface area contributed by atoms with Crippen molar-refractivity contribution in [2.45, 2.75) is 37.7 Å². The zero-order valence-electron chi connectivity index (χ0n) is 12.2. The van der Waals surface area contributed by atoms with Crippen LogP contribution < -0.4 is 11.1 Å². The van der Waals surface area contributed by atoms with Gasteiger partial charge in [-0.3, -0.25) is 9.48 Å². The van der Waals surface area contributed by atoms with Gasteiger partial charge in [-0.05, 0) is 26.8 Å². The Bertz CT molecular complexity index is 623. The van der Waals surface area contributed by atoms with Crippen molar-refractivity contribution in [3.63, 3.8) is 0 Å². The van der Waals surface area contributed by atoms with Gasteiger partial charge in [-0.2, -0.15) is 5.10 Å². The van der Waals surface area contributed by atoms with Gasteiger partial charge in [-0.1, -0.05) is 23.1 Å². The summed E-state index contributed by atoms with van der Waals surface area (Å²) in [6.45, 7) is 6.57. The molecule has 7 nitrogen and oxygen atoms in total. The van der Waals surface area contributed by atoms with Gasteiger partial charge in [-0.15, -0.1) is 10.2 Å². The lowest BCUT2D eigenvalue weighted by atomic mass is 10.3. The largest absolute Gasteiger partial charge is 0.374 e. The fraction of sp³-hybridized carbons (Fsp3) is 0.500. The SMILES string of the molecule is Cc1cc(C)n(C[C@H](C)NC(=O)CSc2nnc(N)s2)n1. The maximum Gasteiger partial charge on any atom is 0.230 e. The number of carbonyl (C=O) groups excluding carboxylic acids is 1. The molecule has 0 aliphatic rings. The average molecular weight is 326 g/mol. The molecule has 9 heteroatoms. The van der Waals surface area contributed by atoms with Crippen molar-refractivity contribution in [3.8, 4) is 0 Å². The highest BCUT2D eigenvalue weighted by Crippen LogP contribution is 2.22. The van der Waals surface area contributed by atoms with Crippen LogP contribution in [0.1, 0.15) is 18.3 Å². The van der Waals surface area contributed by atoms with Gasteiger partial charge in [0.05, 0.1) is 18.0 Å². The van der Waals surface area contributed by atoms with Crippen LogP contribution in [0.5, 0.6) is 0 Å². The Morgan fingerprint density at radius 1 is 1.52 bits per heavy atom. The fourth-order valence-electron chi connectivity index (χ4n) is 1.89. The molecular formula is C12H18N6OS2. The van der Waals surface area contributed by atoms with Crippen molar-refractivity contribution >= 4 is 34.1 Å². The summed E-state index contributed by atoms with van der Waals surface area (Å²) in [5, 5.41) is 15.3. The molecule has 0 aliphatic carbocycles. The number of rotatable bonds is 6. The van der Waals surface area contributed by atoms with Gasteiger partial charge in [0.25, 0.3) is 0 Å². The van der Waals surface area contributed by atoms with E-state index in [1.807, 2.05) is 31.5 Å². The van der Waals surface area contributed by atoms with Crippen molar-refractivity contribution in [1.82, 2.24) is 25.3 Å². The van der Waals surface area contributed by atoms with Gasteiger partial charge in [0, 0.05) is 11.7 Å². The molecule has 1 amide bonds. The lowest BCUT2D eigenvalue weighted by molar-refractivity contribution is -0.119. The first-order valence-electron chi connectivity index (χ1n) is 6.46. The van der Waals surface area contributed by atoms with E-state index in [9.17, 15) is 4.79 Å². The molecule has 0 radical (unpaired) electrons. The molecule has 0 unspecified atom stereocenters. The van der Waals surface area contributed by atoms with Crippen LogP contribution in [0.4, 0.5) is 5.13 Å². The Labute approximate surface area is 131 Å². The number of aromatic nitrogens is 4. The molecule has 21 heavy (non-hydrogen) atoms. The lowest BCUT2D eigenvalue weighted by Gasteiger charge is -2.14. The summed E-state index contributed by atoms with van der Waals surface area (Å²) in [6.07, 6.45) is 0. The van der Waals surface area contributed by atoms with Crippen molar-refractivity contribution in [2.24, 2.45) is 0 Å². The normalized spacial score (nSPS) is 12.3. The van der Waals surface area contributed by atoms with Crippen LogP contribution in [0, 0.1) is 13.8 Å². The van der Waals surface area contributed by atoms with Crippen LogP contribution in [0.2, 0.25) is 0 Å². The zero-order valence-corrected chi connectivity index (χ0v) is 13.8. The van der Waals surface area contributed by atoms with Gasteiger partial charge in [-0.25, -0.2) is 0 Å². The molecule has 2 aromatic heterocycles. The number of nitrogens with one attached hydrogen (secondary N) is 1. The minimum absolute atomic E-state index is 0.00980. The molecule has 0 aromatic carbocycles. The molecular weight excluding hydrogens is 308 g/mol. The predicted octanol–water partition coefficient (Wildman–Crippen LogP) is 1.23. The molecule has 0 aliphatic heterocycles. The Balaban J connectivity index is 1.78. The van der Waals surface area contributed by atoms with Crippen LogP contribution in [-0.2, 0) is 11.3 Å². The van der Waals surface area contributed by atoms with Gasteiger partial charge in [0.1, 0.15) is 0 Å². The van der Waals surface area contributed by atoms with Crippen molar-refractivity contribution in [3.05, 3.63) is 17.5 Å². The van der Waals surface area contributed by atoms with Crippen molar-refractivity contribution in [1.29, 1.82) is 0 Å². The van der Waals surface area contributed by atoms with E-state index >= 15 is 0 Å². The number of anilines is 1. The van der Waals surface area contributed by atoms with E-state index in [1.165, 1.54) is 23.1 Å². The third-order valence-corrected chi connectivity index (χ3v) is 4.59. The molecule has 2 heterocycles. The highest BCUT2D eigenvalue weighted by atomic mass is 32.2. The summed E-state index contributed by atoms with van der Waals surface area (Å²) in [5.41, 5.74) is 7.56. The second kappa shape index (κ2) is 6.90. The fourth-order valence-corrected chi connectivity index (χ4v) is 3.33. The predicted molar refractivity (Wildman–Crippen MR) is 84.4 cm³/mol. The Kier molecular flexibility index (Phi) is 5.18. The number of nitrogens with zero attached hydrogens (tertiary/aromatic N) is 4. The molecule has 0 fully saturated rings. The van der Waals surface area contributed by atoms with E-state index in [0.717, 1.165) is 11.4 Å².